The molecule has 5 nitrogen and oxygen atoms in total. The van der Waals surface area contributed by atoms with Crippen LogP contribution in [0.15, 0.2) is 42.0 Å². The third-order valence-corrected chi connectivity index (χ3v) is 7.48. The summed E-state index contributed by atoms with van der Waals surface area (Å²) in [6.45, 7) is 7.93. The average molecular weight is 469 g/mol. The number of ketones is 2. The minimum absolute atomic E-state index is 0.0115. The quantitative estimate of drug-likeness (QED) is 0.501. The molecule has 6 heteroatoms. The van der Waals surface area contributed by atoms with Gasteiger partial charge in [-0.15, -0.1) is 0 Å². The van der Waals surface area contributed by atoms with Gasteiger partial charge in [0, 0.05) is 19.3 Å². The van der Waals surface area contributed by atoms with E-state index in [1.165, 1.54) is 12.1 Å². The van der Waals surface area contributed by atoms with Crippen LogP contribution in [-0.2, 0) is 19.1 Å². The van der Waals surface area contributed by atoms with Crippen molar-refractivity contribution >= 4 is 23.1 Å². The molecule has 1 spiro atoms. The Labute approximate surface area is 200 Å². The van der Waals surface area contributed by atoms with Crippen molar-refractivity contribution in [3.63, 3.8) is 0 Å². The van der Waals surface area contributed by atoms with Crippen LogP contribution in [0.2, 0.25) is 0 Å². The topological polar surface area (TPSA) is 80.7 Å². The fourth-order valence-electron chi connectivity index (χ4n) is 5.90. The SMILES string of the molecule is CC1(C)CC(=O)C2(CC(c3ccc(F)cc3)=C(C=C[C@H]3C[C@H](O)CC(=O)O3)C(C)(C)C2)C(=O)C1. The van der Waals surface area contributed by atoms with Crippen molar-refractivity contribution in [3.05, 3.63) is 53.4 Å². The van der Waals surface area contributed by atoms with E-state index >= 15 is 0 Å². The van der Waals surface area contributed by atoms with Crippen LogP contribution < -0.4 is 0 Å². The second-order valence-electron chi connectivity index (χ2n) is 11.6. The molecule has 1 heterocycles. The molecule has 4 rings (SSSR count). The molecule has 1 saturated heterocycles. The number of aliphatic hydroxyl groups excluding tert-OH is 1. The van der Waals surface area contributed by atoms with Crippen molar-refractivity contribution in [1.29, 1.82) is 0 Å². The molecule has 1 aromatic rings. The van der Waals surface area contributed by atoms with Gasteiger partial charge in [-0.3, -0.25) is 14.4 Å². The van der Waals surface area contributed by atoms with Gasteiger partial charge in [-0.25, -0.2) is 4.39 Å². The molecule has 0 amide bonds. The number of halogens is 1. The molecular formula is C28H33FO5. The molecule has 2 fully saturated rings. The smallest absolute Gasteiger partial charge is 0.309 e. The summed E-state index contributed by atoms with van der Waals surface area (Å²) >= 11 is 0. The Morgan fingerprint density at radius 1 is 1.00 bits per heavy atom. The van der Waals surface area contributed by atoms with Crippen LogP contribution in [0.5, 0.6) is 0 Å². The zero-order valence-electron chi connectivity index (χ0n) is 20.3. The first-order valence-electron chi connectivity index (χ1n) is 11.9. The molecule has 1 saturated carbocycles. The van der Waals surface area contributed by atoms with Gasteiger partial charge in [0.05, 0.1) is 17.9 Å². The Balaban J connectivity index is 1.80. The molecular weight excluding hydrogens is 435 g/mol. The predicted molar refractivity (Wildman–Crippen MR) is 126 cm³/mol. The maximum atomic E-state index is 13.7. The van der Waals surface area contributed by atoms with Crippen molar-refractivity contribution in [2.75, 3.05) is 0 Å². The summed E-state index contributed by atoms with van der Waals surface area (Å²) in [5, 5.41) is 9.96. The van der Waals surface area contributed by atoms with Crippen molar-refractivity contribution in [2.24, 2.45) is 16.2 Å². The number of hydrogen-bond acceptors (Lipinski definition) is 5. The maximum Gasteiger partial charge on any atom is 0.309 e. The highest BCUT2D eigenvalue weighted by molar-refractivity contribution is 6.11. The molecule has 0 radical (unpaired) electrons. The molecule has 1 aliphatic heterocycles. The lowest BCUT2D eigenvalue weighted by atomic mass is 9.52. The molecule has 1 aromatic carbocycles. The third-order valence-electron chi connectivity index (χ3n) is 7.48. The van der Waals surface area contributed by atoms with Crippen LogP contribution in [-0.4, -0.2) is 34.9 Å². The van der Waals surface area contributed by atoms with Crippen LogP contribution in [0, 0.1) is 22.1 Å². The maximum absolute atomic E-state index is 13.7. The molecule has 34 heavy (non-hydrogen) atoms. The summed E-state index contributed by atoms with van der Waals surface area (Å²) in [7, 11) is 0. The minimum atomic E-state index is -1.09. The van der Waals surface area contributed by atoms with E-state index in [1.807, 2.05) is 33.8 Å². The lowest BCUT2D eigenvalue weighted by Crippen LogP contribution is -2.51. The molecule has 0 aromatic heterocycles. The second kappa shape index (κ2) is 8.56. The Bertz CT molecular complexity index is 1060. The van der Waals surface area contributed by atoms with Gasteiger partial charge in [0.25, 0.3) is 0 Å². The molecule has 182 valence electrons. The second-order valence-corrected chi connectivity index (χ2v) is 11.6. The Kier molecular flexibility index (Phi) is 6.17. The highest BCUT2D eigenvalue weighted by Gasteiger charge is 2.56. The summed E-state index contributed by atoms with van der Waals surface area (Å²) in [5.41, 5.74) is 0.535. The van der Waals surface area contributed by atoms with Crippen molar-refractivity contribution in [2.45, 2.75) is 78.4 Å². The number of carbonyl (C=O) groups is 3. The number of ether oxygens (including phenoxy) is 1. The Morgan fingerprint density at radius 3 is 2.21 bits per heavy atom. The van der Waals surface area contributed by atoms with Gasteiger partial charge in [-0.2, -0.15) is 0 Å². The van der Waals surface area contributed by atoms with E-state index in [9.17, 15) is 23.9 Å². The summed E-state index contributed by atoms with van der Waals surface area (Å²) in [6, 6.07) is 6.12. The number of rotatable bonds is 3. The normalized spacial score (nSPS) is 28.5. The summed E-state index contributed by atoms with van der Waals surface area (Å²) in [4.78, 5) is 38.8. The minimum Gasteiger partial charge on any atom is -0.458 e. The van der Waals surface area contributed by atoms with E-state index in [1.54, 1.807) is 18.2 Å². The van der Waals surface area contributed by atoms with Gasteiger partial charge in [-0.05, 0) is 58.6 Å². The lowest BCUT2D eigenvalue weighted by molar-refractivity contribution is -0.156. The van der Waals surface area contributed by atoms with Crippen LogP contribution in [0.3, 0.4) is 0 Å². The largest absolute Gasteiger partial charge is 0.458 e. The first-order valence-corrected chi connectivity index (χ1v) is 11.9. The first kappa shape index (κ1) is 24.5. The number of allylic oxidation sites excluding steroid dienone is 3. The van der Waals surface area contributed by atoms with Gasteiger partial charge in [0.15, 0.2) is 0 Å². The Hall–Kier alpha value is -2.60. The number of carbonyl (C=O) groups excluding carboxylic acids is 3. The number of aliphatic hydroxyl groups is 1. The standard InChI is InChI=1S/C28H33FO5/c1-26(2)14-23(31)28(24(32)15-26)13-21(17-5-7-18(29)8-6-17)22(27(3,4)16-28)10-9-20-11-19(30)12-25(33)34-20/h5-10,19-20,30H,11-16H2,1-4H3/t19-,20-/m0/s1. The summed E-state index contributed by atoms with van der Waals surface area (Å²) < 4.78 is 19.1. The van der Waals surface area contributed by atoms with Crippen LogP contribution in [0.1, 0.15) is 71.8 Å². The highest BCUT2D eigenvalue weighted by atomic mass is 19.1. The lowest BCUT2D eigenvalue weighted by Gasteiger charge is -2.49. The van der Waals surface area contributed by atoms with Crippen LogP contribution >= 0.6 is 0 Å². The number of cyclic esters (lactones) is 1. The molecule has 2 atom stereocenters. The molecule has 2 aliphatic carbocycles. The van der Waals surface area contributed by atoms with Crippen molar-refractivity contribution in [3.8, 4) is 0 Å². The zero-order chi connectivity index (χ0) is 24.9. The van der Waals surface area contributed by atoms with Gasteiger partial charge in [0.1, 0.15) is 23.5 Å². The molecule has 1 N–H and O–H groups in total. The average Bonchev–Trinajstić information content (AvgIpc) is 2.70. The predicted octanol–water partition coefficient (Wildman–Crippen LogP) is 4.97. The van der Waals surface area contributed by atoms with Gasteiger partial charge in [0.2, 0.25) is 0 Å². The summed E-state index contributed by atoms with van der Waals surface area (Å²) in [6.07, 6.45) is 4.04. The molecule has 0 unspecified atom stereocenters. The van der Waals surface area contributed by atoms with E-state index in [-0.39, 0.29) is 35.6 Å². The number of benzene rings is 1. The van der Waals surface area contributed by atoms with E-state index in [2.05, 4.69) is 0 Å². The van der Waals surface area contributed by atoms with E-state index in [0.29, 0.717) is 25.7 Å². The fourth-order valence-corrected chi connectivity index (χ4v) is 5.90. The highest BCUT2D eigenvalue weighted by Crippen LogP contribution is 2.57. The molecule has 0 bridgehead atoms. The van der Waals surface area contributed by atoms with E-state index in [4.69, 9.17) is 4.74 Å². The first-order chi connectivity index (χ1) is 15.8. The van der Waals surface area contributed by atoms with Crippen molar-refractivity contribution in [1.82, 2.24) is 0 Å². The molecule has 3 aliphatic rings. The monoisotopic (exact) mass is 468 g/mol. The summed E-state index contributed by atoms with van der Waals surface area (Å²) in [5.74, 6) is -0.840. The van der Waals surface area contributed by atoms with Crippen molar-refractivity contribution < 1.29 is 28.6 Å². The Morgan fingerprint density at radius 2 is 1.62 bits per heavy atom. The van der Waals surface area contributed by atoms with Gasteiger partial charge >= 0.3 is 5.97 Å². The third kappa shape index (κ3) is 4.65. The zero-order valence-corrected chi connectivity index (χ0v) is 20.3. The van der Waals surface area contributed by atoms with E-state index < -0.39 is 29.0 Å². The van der Waals surface area contributed by atoms with Crippen LogP contribution in [0.25, 0.3) is 5.57 Å². The number of esters is 1. The van der Waals surface area contributed by atoms with Crippen LogP contribution in [0.4, 0.5) is 4.39 Å². The fraction of sp³-hybridized carbons (Fsp3) is 0.536. The number of hydrogen-bond donors (Lipinski definition) is 1. The van der Waals surface area contributed by atoms with E-state index in [0.717, 1.165) is 16.7 Å². The number of Topliss-reactive ketones (excluding diaryl/α,β-unsaturated/α-hetero) is 2. The van der Waals surface area contributed by atoms with Gasteiger partial charge < -0.3 is 9.84 Å². The van der Waals surface area contributed by atoms with Gasteiger partial charge in [-0.1, -0.05) is 45.9 Å².